The van der Waals surface area contributed by atoms with E-state index in [1.807, 2.05) is 38.2 Å². The summed E-state index contributed by atoms with van der Waals surface area (Å²) in [6.45, 7) is 5.93. The van der Waals surface area contributed by atoms with Gasteiger partial charge in [-0.1, -0.05) is 24.3 Å². The van der Waals surface area contributed by atoms with Crippen molar-refractivity contribution in [2.45, 2.75) is 37.5 Å². The molecule has 0 amide bonds. The summed E-state index contributed by atoms with van der Waals surface area (Å²) in [7, 11) is -1.44. The first kappa shape index (κ1) is 22.8. The van der Waals surface area contributed by atoms with E-state index in [0.717, 1.165) is 23.2 Å². The number of aromatic nitrogens is 4. The normalized spacial score (nSPS) is 11.8. The van der Waals surface area contributed by atoms with Crippen LogP contribution in [0.15, 0.2) is 64.0 Å². The van der Waals surface area contributed by atoms with Gasteiger partial charge in [0.15, 0.2) is 9.84 Å². The average molecular weight is 464 g/mol. The third-order valence-electron chi connectivity index (χ3n) is 5.26. The van der Waals surface area contributed by atoms with Crippen molar-refractivity contribution < 1.29 is 12.8 Å². The van der Waals surface area contributed by atoms with Crippen LogP contribution in [-0.4, -0.2) is 40.9 Å². The van der Waals surface area contributed by atoms with Crippen molar-refractivity contribution in [1.29, 1.82) is 0 Å². The minimum Gasteiger partial charge on any atom is -0.415 e. The summed E-state index contributed by atoms with van der Waals surface area (Å²) in [5, 5.41) is 11.0. The van der Waals surface area contributed by atoms with Crippen LogP contribution in [0, 0.1) is 6.92 Å². The Morgan fingerprint density at radius 3 is 2.21 bits per heavy atom. The van der Waals surface area contributed by atoms with Gasteiger partial charge in [-0.15, -0.1) is 10.2 Å². The van der Waals surface area contributed by atoms with Gasteiger partial charge in [-0.3, -0.25) is 4.98 Å². The Balaban J connectivity index is 1.63. The molecule has 2 aromatic carbocycles. The Morgan fingerprint density at radius 2 is 1.58 bits per heavy atom. The largest absolute Gasteiger partial charge is 0.415 e. The Labute approximate surface area is 193 Å². The van der Waals surface area contributed by atoms with Crippen molar-refractivity contribution in [2.75, 3.05) is 7.05 Å². The van der Waals surface area contributed by atoms with Gasteiger partial charge in [-0.05, 0) is 57.6 Å². The van der Waals surface area contributed by atoms with Crippen molar-refractivity contribution in [1.82, 2.24) is 25.5 Å². The van der Waals surface area contributed by atoms with Gasteiger partial charge in [-0.25, -0.2) is 13.4 Å². The van der Waals surface area contributed by atoms with Crippen LogP contribution in [0.3, 0.4) is 0 Å². The van der Waals surface area contributed by atoms with Gasteiger partial charge in [0.2, 0.25) is 5.89 Å². The number of aryl methyl sites for hydroxylation is 1. The zero-order chi connectivity index (χ0) is 23.6. The van der Waals surface area contributed by atoms with E-state index >= 15 is 0 Å². The van der Waals surface area contributed by atoms with E-state index in [-0.39, 0.29) is 10.8 Å². The fourth-order valence-corrected chi connectivity index (χ4v) is 4.34. The molecule has 0 aliphatic rings. The lowest BCUT2D eigenvalue weighted by molar-refractivity contribution is 0.581. The molecular formula is C24H25N5O3S. The van der Waals surface area contributed by atoms with E-state index < -0.39 is 15.1 Å². The number of sulfone groups is 1. The molecule has 0 bridgehead atoms. The molecule has 4 rings (SSSR count). The minimum absolute atomic E-state index is 0.273. The van der Waals surface area contributed by atoms with Crippen LogP contribution in [0.2, 0.25) is 0 Å². The van der Waals surface area contributed by atoms with Crippen LogP contribution in [0.4, 0.5) is 0 Å². The second-order valence-corrected chi connectivity index (χ2v) is 10.5. The highest BCUT2D eigenvalue weighted by atomic mass is 32.2. The maximum absolute atomic E-state index is 12.4. The summed E-state index contributed by atoms with van der Waals surface area (Å²) < 4.78 is 30.6. The lowest BCUT2D eigenvalue weighted by Crippen LogP contribution is -2.13. The number of hydrogen-bond donors (Lipinski definition) is 1. The second-order valence-electron chi connectivity index (χ2n) is 7.95. The molecule has 0 atom stereocenters. The Bertz CT molecular complexity index is 1360. The van der Waals surface area contributed by atoms with Crippen molar-refractivity contribution in [2.24, 2.45) is 0 Å². The molecule has 0 fully saturated rings. The maximum atomic E-state index is 12.4. The van der Waals surface area contributed by atoms with Crippen LogP contribution >= 0.6 is 0 Å². The summed E-state index contributed by atoms with van der Waals surface area (Å²) in [5.74, 6) is 0.672. The van der Waals surface area contributed by atoms with Crippen molar-refractivity contribution >= 4 is 9.84 Å². The van der Waals surface area contributed by atoms with Crippen molar-refractivity contribution in [3.8, 4) is 34.3 Å². The van der Waals surface area contributed by atoms with E-state index in [4.69, 9.17) is 4.42 Å². The fraction of sp³-hybridized carbons (Fsp3) is 0.250. The molecule has 2 aromatic heterocycles. The molecule has 0 aliphatic heterocycles. The van der Waals surface area contributed by atoms with Crippen LogP contribution < -0.4 is 5.32 Å². The molecule has 0 radical (unpaired) electrons. The Morgan fingerprint density at radius 1 is 0.939 bits per heavy atom. The molecule has 8 nitrogen and oxygen atoms in total. The highest BCUT2D eigenvalue weighted by Gasteiger charge is 2.20. The summed E-state index contributed by atoms with van der Waals surface area (Å²) in [6.07, 6.45) is 1.64. The number of nitrogens with one attached hydrogen (secondary N) is 1. The smallest absolute Gasteiger partial charge is 0.268 e. The van der Waals surface area contributed by atoms with E-state index in [1.54, 1.807) is 44.3 Å². The molecule has 0 saturated heterocycles. The summed E-state index contributed by atoms with van der Waals surface area (Å²) in [4.78, 5) is 9.38. The van der Waals surface area contributed by atoms with Gasteiger partial charge < -0.3 is 9.73 Å². The molecule has 0 spiro atoms. The number of nitrogens with zero attached hydrogens (tertiary/aromatic N) is 4. The van der Waals surface area contributed by atoms with E-state index in [2.05, 4.69) is 25.5 Å². The summed E-state index contributed by atoms with van der Waals surface area (Å²) in [5.41, 5.74) is 4.43. The molecule has 0 aliphatic carbocycles. The van der Waals surface area contributed by atoms with Crippen LogP contribution in [-0.2, 0) is 16.4 Å². The molecule has 9 heteroatoms. The molecule has 2 heterocycles. The first-order valence-corrected chi connectivity index (χ1v) is 12.1. The molecule has 1 N–H and O–H groups in total. The van der Waals surface area contributed by atoms with E-state index in [1.165, 1.54) is 0 Å². The number of benzene rings is 2. The van der Waals surface area contributed by atoms with Gasteiger partial charge in [0.25, 0.3) is 5.89 Å². The SMILES string of the molecule is CNCc1ccc(-c2nnc(-c3nc(-c4ccc(S(=O)(=O)C(C)C)cc4)cnc3C)o2)cc1. The first-order chi connectivity index (χ1) is 15.8. The predicted octanol–water partition coefficient (Wildman–Crippen LogP) is 4.07. The summed E-state index contributed by atoms with van der Waals surface area (Å²) in [6, 6.07) is 14.5. The van der Waals surface area contributed by atoms with Gasteiger partial charge >= 0.3 is 0 Å². The Hall–Kier alpha value is -3.43. The maximum Gasteiger partial charge on any atom is 0.268 e. The van der Waals surface area contributed by atoms with E-state index in [0.29, 0.717) is 23.0 Å². The zero-order valence-electron chi connectivity index (χ0n) is 18.9. The molecular weight excluding hydrogens is 438 g/mol. The van der Waals surface area contributed by atoms with Crippen molar-refractivity contribution in [3.05, 3.63) is 66.0 Å². The average Bonchev–Trinajstić information content (AvgIpc) is 3.30. The van der Waals surface area contributed by atoms with Crippen molar-refractivity contribution in [3.63, 3.8) is 0 Å². The third-order valence-corrected chi connectivity index (χ3v) is 7.43. The zero-order valence-corrected chi connectivity index (χ0v) is 19.7. The minimum atomic E-state index is -3.34. The second kappa shape index (κ2) is 9.21. The summed E-state index contributed by atoms with van der Waals surface area (Å²) >= 11 is 0. The standard InChI is InChI=1S/C24H25N5O3S/c1-15(2)33(30,31)20-11-9-18(10-12-20)21-14-26-16(3)22(27-21)24-29-28-23(32-24)19-7-5-17(6-8-19)13-25-4/h5-12,14-15,25H,13H2,1-4H3. The topological polar surface area (TPSA) is 111 Å². The van der Waals surface area contributed by atoms with Gasteiger partial charge in [0, 0.05) is 17.7 Å². The molecule has 0 unspecified atom stereocenters. The molecule has 33 heavy (non-hydrogen) atoms. The first-order valence-electron chi connectivity index (χ1n) is 10.6. The van der Waals surface area contributed by atoms with Gasteiger partial charge in [0.05, 0.1) is 27.7 Å². The predicted molar refractivity (Wildman–Crippen MR) is 126 cm³/mol. The van der Waals surface area contributed by atoms with Crippen LogP contribution in [0.5, 0.6) is 0 Å². The van der Waals surface area contributed by atoms with Crippen LogP contribution in [0.25, 0.3) is 34.3 Å². The molecule has 4 aromatic rings. The highest BCUT2D eigenvalue weighted by Crippen LogP contribution is 2.27. The lowest BCUT2D eigenvalue weighted by atomic mass is 10.1. The van der Waals surface area contributed by atoms with Gasteiger partial charge in [0.1, 0.15) is 5.69 Å². The Kier molecular flexibility index (Phi) is 6.35. The number of rotatable bonds is 7. The monoisotopic (exact) mass is 463 g/mol. The molecule has 0 saturated carbocycles. The molecule has 170 valence electrons. The number of hydrogen-bond acceptors (Lipinski definition) is 8. The highest BCUT2D eigenvalue weighted by molar-refractivity contribution is 7.92. The van der Waals surface area contributed by atoms with Crippen LogP contribution in [0.1, 0.15) is 25.1 Å². The quantitative estimate of drug-likeness (QED) is 0.437. The lowest BCUT2D eigenvalue weighted by Gasteiger charge is -2.09. The third kappa shape index (κ3) is 4.69. The van der Waals surface area contributed by atoms with E-state index in [9.17, 15) is 8.42 Å². The van der Waals surface area contributed by atoms with Gasteiger partial charge in [-0.2, -0.15) is 0 Å². The fourth-order valence-electron chi connectivity index (χ4n) is 3.28.